The van der Waals surface area contributed by atoms with Gasteiger partial charge in [0, 0.05) is 37.1 Å². The minimum atomic E-state index is -0.0989. The number of likely N-dealkylation sites (tertiary alicyclic amines) is 1. The maximum Gasteiger partial charge on any atom is 0.256 e. The van der Waals surface area contributed by atoms with Gasteiger partial charge in [0.05, 0.1) is 11.6 Å². The lowest BCUT2D eigenvalue weighted by atomic mass is 10.1. The number of rotatable bonds is 4. The van der Waals surface area contributed by atoms with E-state index < -0.39 is 0 Å². The van der Waals surface area contributed by atoms with Gasteiger partial charge in [0.15, 0.2) is 5.82 Å². The zero-order valence-corrected chi connectivity index (χ0v) is 14.6. The zero-order chi connectivity index (χ0) is 17.4. The molecule has 0 radical (unpaired) electrons. The fourth-order valence-corrected chi connectivity index (χ4v) is 3.73. The maximum absolute atomic E-state index is 13.3. The van der Waals surface area contributed by atoms with Gasteiger partial charge in [0.2, 0.25) is 5.89 Å². The second-order valence-electron chi connectivity index (χ2n) is 6.58. The summed E-state index contributed by atoms with van der Waals surface area (Å²) in [7, 11) is 0. The highest BCUT2D eigenvalue weighted by Crippen LogP contribution is 2.33. The van der Waals surface area contributed by atoms with Gasteiger partial charge in [-0.15, -0.1) is 0 Å². The minimum absolute atomic E-state index is 0.0519. The van der Waals surface area contributed by atoms with Crippen LogP contribution in [0.15, 0.2) is 35.0 Å². The fourth-order valence-electron chi connectivity index (χ4n) is 3.73. The molecule has 1 atom stereocenters. The van der Waals surface area contributed by atoms with E-state index in [1.807, 2.05) is 29.3 Å². The molecule has 25 heavy (non-hydrogen) atoms. The molecule has 1 aromatic carbocycles. The second-order valence-corrected chi connectivity index (χ2v) is 6.58. The lowest BCUT2D eigenvalue weighted by Gasteiger charge is -2.21. The molecule has 1 aliphatic rings. The average Bonchev–Trinajstić information content (AvgIpc) is 3.33. The third-order valence-corrected chi connectivity index (χ3v) is 4.84. The Morgan fingerprint density at radius 3 is 2.96 bits per heavy atom. The van der Waals surface area contributed by atoms with E-state index in [1.54, 1.807) is 6.92 Å². The average molecular weight is 338 g/mol. The molecule has 1 aliphatic heterocycles. The van der Waals surface area contributed by atoms with Crippen LogP contribution in [0.3, 0.4) is 0 Å². The van der Waals surface area contributed by atoms with Crippen molar-refractivity contribution in [1.82, 2.24) is 19.6 Å². The van der Waals surface area contributed by atoms with Crippen molar-refractivity contribution >= 4 is 16.8 Å². The summed E-state index contributed by atoms with van der Waals surface area (Å²) in [5.41, 5.74) is 1.87. The summed E-state index contributed by atoms with van der Waals surface area (Å²) in [6.45, 7) is 5.55. The molecule has 1 amide bonds. The summed E-state index contributed by atoms with van der Waals surface area (Å²) in [6, 6.07) is 8.01. The molecule has 6 nitrogen and oxygen atoms in total. The van der Waals surface area contributed by atoms with Crippen LogP contribution in [0.25, 0.3) is 10.9 Å². The summed E-state index contributed by atoms with van der Waals surface area (Å²) >= 11 is 0. The number of carbonyl (C=O) groups excluding carboxylic acids is 1. The van der Waals surface area contributed by atoms with Crippen LogP contribution < -0.4 is 0 Å². The number of fused-ring (bicyclic) bond motifs is 1. The Hall–Kier alpha value is -2.63. The molecule has 1 unspecified atom stereocenters. The first-order valence-electron chi connectivity index (χ1n) is 8.88. The number of hydrogen-bond acceptors (Lipinski definition) is 4. The Labute approximate surface area is 146 Å². The molecule has 6 heteroatoms. The SMILES string of the molecule is CCCn1cc(C(=O)N2CCCC2c2noc(C)n2)c2ccccc21. The molecule has 2 aromatic heterocycles. The van der Waals surface area contributed by atoms with Crippen LogP contribution >= 0.6 is 0 Å². The zero-order valence-electron chi connectivity index (χ0n) is 14.6. The molecule has 1 fully saturated rings. The standard InChI is InChI=1S/C19H22N4O2/c1-3-10-22-12-15(14-7-4-5-8-16(14)22)19(24)23-11-6-9-17(23)18-20-13(2)25-21-18/h4-5,7-8,12,17H,3,6,9-11H2,1-2H3. The summed E-state index contributed by atoms with van der Waals surface area (Å²) in [6.07, 6.45) is 4.85. The van der Waals surface area contributed by atoms with Crippen LogP contribution in [0.1, 0.15) is 54.3 Å². The van der Waals surface area contributed by atoms with Crippen molar-refractivity contribution in [3.8, 4) is 0 Å². The normalized spacial score (nSPS) is 17.5. The van der Waals surface area contributed by atoms with E-state index in [1.165, 1.54) is 0 Å². The van der Waals surface area contributed by atoms with Crippen LogP contribution in [0.2, 0.25) is 0 Å². The molecule has 0 N–H and O–H groups in total. The number of hydrogen-bond donors (Lipinski definition) is 0. The van der Waals surface area contributed by atoms with E-state index in [-0.39, 0.29) is 11.9 Å². The summed E-state index contributed by atoms with van der Waals surface area (Å²) < 4.78 is 7.29. The largest absolute Gasteiger partial charge is 0.347 e. The Morgan fingerprint density at radius 2 is 2.20 bits per heavy atom. The highest BCUT2D eigenvalue weighted by Gasteiger charge is 2.34. The summed E-state index contributed by atoms with van der Waals surface area (Å²) in [5, 5.41) is 5.05. The van der Waals surface area contributed by atoms with E-state index in [4.69, 9.17) is 4.52 Å². The first kappa shape index (κ1) is 15.9. The summed E-state index contributed by atoms with van der Waals surface area (Å²) in [5.74, 6) is 1.20. The van der Waals surface area contributed by atoms with Crippen molar-refractivity contribution in [3.05, 3.63) is 47.7 Å². The third kappa shape index (κ3) is 2.71. The van der Waals surface area contributed by atoms with Gasteiger partial charge in [0.1, 0.15) is 0 Å². The van der Waals surface area contributed by atoms with Crippen molar-refractivity contribution in [1.29, 1.82) is 0 Å². The van der Waals surface area contributed by atoms with Crippen LogP contribution in [0.5, 0.6) is 0 Å². The smallest absolute Gasteiger partial charge is 0.256 e. The Kier molecular flexibility index (Phi) is 4.03. The van der Waals surface area contributed by atoms with Gasteiger partial charge in [-0.1, -0.05) is 30.3 Å². The Balaban J connectivity index is 1.72. The van der Waals surface area contributed by atoms with Gasteiger partial charge in [0.25, 0.3) is 5.91 Å². The predicted molar refractivity (Wildman–Crippen MR) is 94.3 cm³/mol. The molecule has 0 spiro atoms. The van der Waals surface area contributed by atoms with Crippen molar-refractivity contribution in [2.75, 3.05) is 6.54 Å². The van der Waals surface area contributed by atoms with Gasteiger partial charge in [-0.05, 0) is 25.3 Å². The van der Waals surface area contributed by atoms with Gasteiger partial charge in [-0.3, -0.25) is 4.79 Å². The van der Waals surface area contributed by atoms with Gasteiger partial charge >= 0.3 is 0 Å². The quantitative estimate of drug-likeness (QED) is 0.727. The molecule has 3 aromatic rings. The van der Waals surface area contributed by atoms with E-state index >= 15 is 0 Å². The highest BCUT2D eigenvalue weighted by atomic mass is 16.5. The number of nitrogens with zero attached hydrogens (tertiary/aromatic N) is 4. The van der Waals surface area contributed by atoms with E-state index in [0.717, 1.165) is 48.8 Å². The number of benzene rings is 1. The maximum atomic E-state index is 13.3. The lowest BCUT2D eigenvalue weighted by Crippen LogP contribution is -2.31. The molecule has 1 saturated heterocycles. The van der Waals surface area contributed by atoms with Crippen molar-refractivity contribution in [2.24, 2.45) is 0 Å². The number of aromatic nitrogens is 3. The van der Waals surface area contributed by atoms with Crippen LogP contribution in [0.4, 0.5) is 0 Å². The Bertz CT molecular complexity index is 911. The van der Waals surface area contributed by atoms with Gasteiger partial charge in [-0.25, -0.2) is 0 Å². The molecular formula is C19H22N4O2. The highest BCUT2D eigenvalue weighted by molar-refractivity contribution is 6.07. The molecule has 0 bridgehead atoms. The minimum Gasteiger partial charge on any atom is -0.347 e. The van der Waals surface area contributed by atoms with Crippen molar-refractivity contribution in [3.63, 3.8) is 0 Å². The number of amides is 1. The van der Waals surface area contributed by atoms with Gasteiger partial charge < -0.3 is 14.0 Å². The van der Waals surface area contributed by atoms with Crippen molar-refractivity contribution in [2.45, 2.75) is 45.7 Å². The van der Waals surface area contributed by atoms with E-state index in [2.05, 4.69) is 27.7 Å². The molecule has 0 aliphatic carbocycles. The molecule has 3 heterocycles. The molecular weight excluding hydrogens is 316 g/mol. The third-order valence-electron chi connectivity index (χ3n) is 4.84. The van der Waals surface area contributed by atoms with E-state index in [9.17, 15) is 4.79 Å². The predicted octanol–water partition coefficient (Wildman–Crippen LogP) is 3.72. The van der Waals surface area contributed by atoms with Crippen LogP contribution in [0, 0.1) is 6.92 Å². The Morgan fingerprint density at radius 1 is 1.36 bits per heavy atom. The van der Waals surface area contributed by atoms with Crippen molar-refractivity contribution < 1.29 is 9.32 Å². The second kappa shape index (κ2) is 6.35. The van der Waals surface area contributed by atoms with Crippen LogP contribution in [-0.2, 0) is 6.54 Å². The monoisotopic (exact) mass is 338 g/mol. The molecule has 0 saturated carbocycles. The fraction of sp³-hybridized carbons (Fsp3) is 0.421. The lowest BCUT2D eigenvalue weighted by molar-refractivity contribution is 0.0730. The number of carbonyl (C=O) groups is 1. The molecule has 130 valence electrons. The first-order chi connectivity index (χ1) is 12.2. The van der Waals surface area contributed by atoms with E-state index in [0.29, 0.717) is 11.7 Å². The number of para-hydroxylation sites is 1. The topological polar surface area (TPSA) is 64.2 Å². The van der Waals surface area contributed by atoms with Gasteiger partial charge in [-0.2, -0.15) is 4.98 Å². The first-order valence-corrected chi connectivity index (χ1v) is 8.88. The van der Waals surface area contributed by atoms with Crippen LogP contribution in [-0.4, -0.2) is 32.1 Å². The summed E-state index contributed by atoms with van der Waals surface area (Å²) in [4.78, 5) is 19.5. The molecule has 4 rings (SSSR count). The number of aryl methyl sites for hydroxylation is 2.